The number of nitrogens with zero attached hydrogens (tertiary/aromatic N) is 2. The summed E-state index contributed by atoms with van der Waals surface area (Å²) in [5.41, 5.74) is 6.66. The van der Waals surface area contributed by atoms with Gasteiger partial charge in [0.25, 0.3) is 0 Å². The number of rotatable bonds is 1. The third-order valence-electron chi connectivity index (χ3n) is 1.70. The Hall–Kier alpha value is -1.48. The highest BCUT2D eigenvalue weighted by atomic mass is 35.5. The molecule has 0 aliphatic heterocycles. The predicted octanol–water partition coefficient (Wildman–Crippen LogP) is 1.88. The molecule has 3 nitrogen and oxygen atoms in total. The van der Waals surface area contributed by atoms with Gasteiger partial charge in [-0.3, -0.25) is 4.57 Å². The summed E-state index contributed by atoms with van der Waals surface area (Å²) in [5, 5.41) is 0. The molecule has 0 saturated heterocycles. The number of para-hydroxylation sites is 1. The number of halogens is 1. The second kappa shape index (κ2) is 3.96. The standard InChI is InChI=1S/C9H9N3.ClH/c10-9-11-6-7-12(9)8-4-2-1-3-5-8;/h1-7H,(H2,10,11);1H. The molecule has 0 fully saturated rings. The minimum Gasteiger partial charge on any atom is -0.369 e. The molecule has 1 heterocycles. The van der Waals surface area contributed by atoms with Crippen LogP contribution in [0, 0.1) is 0 Å². The van der Waals surface area contributed by atoms with Crippen LogP contribution in [-0.2, 0) is 0 Å². The van der Waals surface area contributed by atoms with E-state index in [0.29, 0.717) is 5.95 Å². The number of anilines is 1. The lowest BCUT2D eigenvalue weighted by molar-refractivity contribution is 1.07. The van der Waals surface area contributed by atoms with Gasteiger partial charge in [-0.2, -0.15) is 0 Å². The fraction of sp³-hybridized carbons (Fsp3) is 0. The molecular formula is C9H10ClN3. The van der Waals surface area contributed by atoms with E-state index >= 15 is 0 Å². The molecule has 0 aliphatic carbocycles. The second-order valence-electron chi connectivity index (χ2n) is 2.49. The average Bonchev–Trinajstić information content (AvgIpc) is 2.53. The Morgan fingerprint density at radius 1 is 1.15 bits per heavy atom. The van der Waals surface area contributed by atoms with E-state index in [1.165, 1.54) is 0 Å². The Balaban J connectivity index is 0.000000845. The van der Waals surface area contributed by atoms with E-state index in [1.54, 1.807) is 6.20 Å². The fourth-order valence-corrected chi connectivity index (χ4v) is 1.12. The van der Waals surface area contributed by atoms with Gasteiger partial charge >= 0.3 is 0 Å². The third kappa shape index (κ3) is 1.81. The lowest BCUT2D eigenvalue weighted by atomic mass is 10.3. The molecule has 0 atom stereocenters. The van der Waals surface area contributed by atoms with Crippen LogP contribution in [0.5, 0.6) is 0 Å². The Bertz CT molecular complexity index is 369. The molecule has 68 valence electrons. The maximum absolute atomic E-state index is 5.62. The van der Waals surface area contributed by atoms with Gasteiger partial charge < -0.3 is 5.73 Å². The molecule has 0 spiro atoms. The van der Waals surface area contributed by atoms with E-state index in [2.05, 4.69) is 4.98 Å². The third-order valence-corrected chi connectivity index (χ3v) is 1.70. The summed E-state index contributed by atoms with van der Waals surface area (Å²) < 4.78 is 1.83. The summed E-state index contributed by atoms with van der Waals surface area (Å²) in [6.07, 6.45) is 3.52. The SMILES string of the molecule is Cl.Nc1nccn1-c1ccccc1. The van der Waals surface area contributed by atoms with E-state index in [-0.39, 0.29) is 12.4 Å². The summed E-state index contributed by atoms with van der Waals surface area (Å²) in [6, 6.07) is 9.87. The van der Waals surface area contributed by atoms with Gasteiger partial charge in [0.15, 0.2) is 0 Å². The highest BCUT2D eigenvalue weighted by molar-refractivity contribution is 5.85. The maximum atomic E-state index is 5.62. The van der Waals surface area contributed by atoms with Gasteiger partial charge in [0.05, 0.1) is 0 Å². The van der Waals surface area contributed by atoms with Crippen molar-refractivity contribution in [2.45, 2.75) is 0 Å². The van der Waals surface area contributed by atoms with E-state index in [9.17, 15) is 0 Å². The predicted molar refractivity (Wildman–Crippen MR) is 55.2 cm³/mol. The number of benzene rings is 1. The van der Waals surface area contributed by atoms with Crippen molar-refractivity contribution in [2.75, 3.05) is 5.73 Å². The van der Waals surface area contributed by atoms with Gasteiger partial charge in [-0.05, 0) is 12.1 Å². The molecule has 2 aromatic rings. The van der Waals surface area contributed by atoms with Crippen molar-refractivity contribution in [3.63, 3.8) is 0 Å². The number of imidazole rings is 1. The van der Waals surface area contributed by atoms with E-state index in [1.807, 2.05) is 41.1 Å². The Labute approximate surface area is 82.6 Å². The van der Waals surface area contributed by atoms with E-state index in [4.69, 9.17) is 5.73 Å². The van der Waals surface area contributed by atoms with E-state index in [0.717, 1.165) is 5.69 Å². The van der Waals surface area contributed by atoms with Gasteiger partial charge in [-0.15, -0.1) is 12.4 Å². The van der Waals surface area contributed by atoms with Crippen molar-refractivity contribution in [1.29, 1.82) is 0 Å². The zero-order chi connectivity index (χ0) is 8.39. The number of aromatic nitrogens is 2. The molecule has 0 bridgehead atoms. The summed E-state index contributed by atoms with van der Waals surface area (Å²) in [7, 11) is 0. The van der Waals surface area contributed by atoms with Crippen molar-refractivity contribution in [2.24, 2.45) is 0 Å². The first-order chi connectivity index (χ1) is 5.88. The molecule has 1 aromatic carbocycles. The van der Waals surface area contributed by atoms with Crippen LogP contribution in [0.2, 0.25) is 0 Å². The van der Waals surface area contributed by atoms with Crippen LogP contribution in [0.1, 0.15) is 0 Å². The minimum atomic E-state index is 0. The van der Waals surface area contributed by atoms with Crippen molar-refractivity contribution in [3.8, 4) is 5.69 Å². The second-order valence-corrected chi connectivity index (χ2v) is 2.49. The summed E-state index contributed by atoms with van der Waals surface area (Å²) >= 11 is 0. The number of hydrogen-bond acceptors (Lipinski definition) is 2. The van der Waals surface area contributed by atoms with Crippen molar-refractivity contribution >= 4 is 18.4 Å². The Kier molecular flexibility index (Phi) is 2.93. The molecule has 1 aromatic heterocycles. The van der Waals surface area contributed by atoms with Crippen LogP contribution in [0.4, 0.5) is 5.95 Å². The van der Waals surface area contributed by atoms with Crippen LogP contribution in [0.15, 0.2) is 42.7 Å². The Morgan fingerprint density at radius 2 is 1.85 bits per heavy atom. The van der Waals surface area contributed by atoms with Gasteiger partial charge in [-0.25, -0.2) is 4.98 Å². The van der Waals surface area contributed by atoms with Gasteiger partial charge in [0.2, 0.25) is 5.95 Å². The van der Waals surface area contributed by atoms with Crippen molar-refractivity contribution in [1.82, 2.24) is 9.55 Å². The molecule has 0 aliphatic rings. The normalized spacial score (nSPS) is 9.23. The molecule has 0 unspecified atom stereocenters. The minimum absolute atomic E-state index is 0. The first-order valence-electron chi connectivity index (χ1n) is 3.72. The topological polar surface area (TPSA) is 43.8 Å². The molecule has 2 N–H and O–H groups in total. The largest absolute Gasteiger partial charge is 0.369 e. The molecular weight excluding hydrogens is 186 g/mol. The first-order valence-corrected chi connectivity index (χ1v) is 3.72. The summed E-state index contributed by atoms with van der Waals surface area (Å²) in [6.45, 7) is 0. The van der Waals surface area contributed by atoms with E-state index < -0.39 is 0 Å². The number of nitrogen functional groups attached to an aromatic ring is 1. The number of hydrogen-bond donors (Lipinski definition) is 1. The molecule has 4 heteroatoms. The lowest BCUT2D eigenvalue weighted by Gasteiger charge is -2.02. The van der Waals surface area contributed by atoms with Gasteiger partial charge in [0, 0.05) is 18.1 Å². The highest BCUT2D eigenvalue weighted by Gasteiger charge is 1.97. The average molecular weight is 196 g/mol. The lowest BCUT2D eigenvalue weighted by Crippen LogP contribution is -1.98. The molecule has 2 rings (SSSR count). The summed E-state index contributed by atoms with van der Waals surface area (Å²) in [5.74, 6) is 0.515. The fourth-order valence-electron chi connectivity index (χ4n) is 1.12. The van der Waals surface area contributed by atoms with Crippen molar-refractivity contribution in [3.05, 3.63) is 42.7 Å². The zero-order valence-corrected chi connectivity index (χ0v) is 7.74. The quantitative estimate of drug-likeness (QED) is 0.755. The van der Waals surface area contributed by atoms with Crippen LogP contribution in [0.25, 0.3) is 5.69 Å². The highest BCUT2D eigenvalue weighted by Crippen LogP contribution is 2.10. The smallest absolute Gasteiger partial charge is 0.204 e. The van der Waals surface area contributed by atoms with Crippen LogP contribution in [0.3, 0.4) is 0 Å². The molecule has 0 saturated carbocycles. The van der Waals surface area contributed by atoms with Gasteiger partial charge in [0.1, 0.15) is 0 Å². The number of nitrogens with two attached hydrogens (primary N) is 1. The van der Waals surface area contributed by atoms with Crippen LogP contribution < -0.4 is 5.73 Å². The molecule has 0 radical (unpaired) electrons. The van der Waals surface area contributed by atoms with Gasteiger partial charge in [-0.1, -0.05) is 18.2 Å². The molecule has 13 heavy (non-hydrogen) atoms. The maximum Gasteiger partial charge on any atom is 0.204 e. The summed E-state index contributed by atoms with van der Waals surface area (Å²) in [4.78, 5) is 3.93. The van der Waals surface area contributed by atoms with Crippen LogP contribution in [-0.4, -0.2) is 9.55 Å². The van der Waals surface area contributed by atoms with Crippen molar-refractivity contribution < 1.29 is 0 Å². The molecule has 0 amide bonds. The first kappa shape index (κ1) is 9.61. The Morgan fingerprint density at radius 3 is 2.38 bits per heavy atom. The van der Waals surface area contributed by atoms with Crippen LogP contribution >= 0.6 is 12.4 Å². The zero-order valence-electron chi connectivity index (χ0n) is 6.92. The monoisotopic (exact) mass is 195 g/mol.